The minimum Gasteiger partial charge on any atom is -0.420 e. The molecule has 0 spiro atoms. The van der Waals surface area contributed by atoms with E-state index < -0.39 is 5.57 Å². The fraction of sp³-hybridized carbons (Fsp3) is 0.348. The molecule has 11 heteroatoms. The summed E-state index contributed by atoms with van der Waals surface area (Å²) >= 11 is 4.78. The highest BCUT2D eigenvalue weighted by Gasteiger charge is 2.32. The second-order valence-electron chi connectivity index (χ2n) is 8.35. The summed E-state index contributed by atoms with van der Waals surface area (Å²) in [6.07, 6.45) is 5.78. The Morgan fingerprint density at radius 3 is 2.50 bits per heavy atom. The molecule has 3 heterocycles. The zero-order valence-electron chi connectivity index (χ0n) is 18.2. The van der Waals surface area contributed by atoms with Gasteiger partial charge in [0, 0.05) is 67.5 Å². The molecule has 8 nitrogen and oxygen atoms in total. The van der Waals surface area contributed by atoms with E-state index in [1.165, 1.54) is 37.1 Å². The minimum atomic E-state index is -3.80. The molecule has 2 aromatic heterocycles. The number of benzene rings is 1. The van der Waals surface area contributed by atoms with E-state index in [9.17, 15) is 13.6 Å². The first-order valence-corrected chi connectivity index (χ1v) is 11.4. The van der Waals surface area contributed by atoms with Gasteiger partial charge in [0.1, 0.15) is 11.6 Å². The van der Waals surface area contributed by atoms with Crippen LogP contribution in [0.3, 0.4) is 0 Å². The smallest absolute Gasteiger partial charge is 0.420 e. The summed E-state index contributed by atoms with van der Waals surface area (Å²) in [4.78, 5) is 22.3. The normalized spacial score (nSPS) is 17.0. The number of halogens is 3. The third-order valence-corrected chi connectivity index (χ3v) is 6.02. The van der Waals surface area contributed by atoms with Crippen LogP contribution in [0.1, 0.15) is 23.2 Å². The van der Waals surface area contributed by atoms with Gasteiger partial charge < -0.3 is 15.0 Å². The van der Waals surface area contributed by atoms with Gasteiger partial charge in [-0.15, -0.1) is 8.78 Å². The number of piperazine rings is 1. The second-order valence-corrected chi connectivity index (χ2v) is 8.79. The highest BCUT2D eigenvalue weighted by molar-refractivity contribution is 6.20. The van der Waals surface area contributed by atoms with Crippen LogP contribution in [0.15, 0.2) is 48.8 Å². The number of alkyl halides is 3. The maximum Gasteiger partial charge on any atom is 0.487 e. The van der Waals surface area contributed by atoms with E-state index in [4.69, 9.17) is 11.6 Å². The molecule has 2 fully saturated rings. The Bertz CT molecular complexity index is 1140. The molecule has 0 bridgehead atoms. The second kappa shape index (κ2) is 9.19. The average molecular weight is 489 g/mol. The lowest BCUT2D eigenvalue weighted by Crippen LogP contribution is -2.47. The Labute approximate surface area is 199 Å². The molecular weight excluding hydrogens is 466 g/mol. The van der Waals surface area contributed by atoms with Crippen LogP contribution in [0, 0.1) is 0 Å². The number of carbonyl (C=O) groups excluding carboxylic acids is 1. The first kappa shape index (κ1) is 22.5. The largest absolute Gasteiger partial charge is 0.487 e. The van der Waals surface area contributed by atoms with Crippen molar-refractivity contribution in [2.24, 2.45) is 0 Å². The number of nitrogens with zero attached hydrogens (tertiary/aromatic N) is 4. The molecule has 1 saturated heterocycles. The summed E-state index contributed by atoms with van der Waals surface area (Å²) in [5.74, 6) is 0.307. The first-order chi connectivity index (χ1) is 16.4. The molecule has 3 aromatic rings. The highest BCUT2D eigenvalue weighted by atomic mass is 35.5. The standard InChI is InChI=1S/C23H23ClF2N6O2/c24-23(25,26)34-18-5-1-16(2-6-18)29-22(33)15-13-19(20-7-8-28-30-20)21(27-14-15)32-11-9-31(10-12-32)17-3-4-17/h1-2,5-8,13-14,17H,3-4,9-12H2,(H,28,30)(H,29,33). The van der Waals surface area contributed by atoms with Gasteiger partial charge >= 0.3 is 5.57 Å². The van der Waals surface area contributed by atoms with E-state index in [1.54, 1.807) is 18.5 Å². The molecule has 1 aromatic carbocycles. The maximum atomic E-state index is 12.9. The number of carbonyl (C=O) groups is 1. The Kier molecular flexibility index (Phi) is 6.09. The van der Waals surface area contributed by atoms with Crippen molar-refractivity contribution in [1.82, 2.24) is 20.1 Å². The van der Waals surface area contributed by atoms with Crippen LogP contribution in [-0.2, 0) is 0 Å². The van der Waals surface area contributed by atoms with E-state index in [-0.39, 0.29) is 11.7 Å². The fourth-order valence-electron chi connectivity index (χ4n) is 4.12. The van der Waals surface area contributed by atoms with Crippen molar-refractivity contribution in [3.05, 3.63) is 54.4 Å². The molecule has 0 unspecified atom stereocenters. The third kappa shape index (κ3) is 5.28. The summed E-state index contributed by atoms with van der Waals surface area (Å²) in [7, 11) is 0. The van der Waals surface area contributed by atoms with Gasteiger partial charge in [0.25, 0.3) is 5.91 Å². The number of hydrogen-bond donors (Lipinski definition) is 2. The van der Waals surface area contributed by atoms with Crippen molar-refractivity contribution in [2.75, 3.05) is 36.4 Å². The molecular formula is C23H23ClF2N6O2. The highest BCUT2D eigenvalue weighted by Crippen LogP contribution is 2.32. The van der Waals surface area contributed by atoms with Crippen molar-refractivity contribution in [3.63, 3.8) is 0 Å². The molecule has 2 aliphatic rings. The molecule has 1 aliphatic carbocycles. The van der Waals surface area contributed by atoms with Crippen LogP contribution in [0.2, 0.25) is 0 Å². The number of nitrogens with one attached hydrogen (secondary N) is 2. The van der Waals surface area contributed by atoms with Gasteiger partial charge in [0.2, 0.25) is 0 Å². The van der Waals surface area contributed by atoms with Gasteiger partial charge in [0.15, 0.2) is 0 Å². The summed E-state index contributed by atoms with van der Waals surface area (Å²) in [6, 6.07) is 9.85. The number of rotatable bonds is 7. The van der Waals surface area contributed by atoms with Gasteiger partial charge in [-0.2, -0.15) is 5.10 Å². The summed E-state index contributed by atoms with van der Waals surface area (Å²) in [5, 5.41) is 9.76. The number of aromatic nitrogens is 3. The Morgan fingerprint density at radius 2 is 1.88 bits per heavy atom. The lowest BCUT2D eigenvalue weighted by atomic mass is 10.1. The van der Waals surface area contributed by atoms with E-state index in [2.05, 4.69) is 35.0 Å². The molecule has 2 N–H and O–H groups in total. The zero-order chi connectivity index (χ0) is 23.7. The lowest BCUT2D eigenvalue weighted by molar-refractivity contribution is -0.0964. The van der Waals surface area contributed by atoms with Crippen molar-refractivity contribution >= 4 is 29.0 Å². The molecule has 0 atom stereocenters. The Balaban J connectivity index is 1.33. The van der Waals surface area contributed by atoms with E-state index in [0.717, 1.165) is 49.3 Å². The summed E-state index contributed by atoms with van der Waals surface area (Å²) in [5.41, 5.74) is -1.47. The number of anilines is 2. The number of H-pyrrole nitrogens is 1. The van der Waals surface area contributed by atoms with Gasteiger partial charge in [-0.3, -0.25) is 14.8 Å². The molecule has 1 saturated carbocycles. The number of ether oxygens (including phenoxy) is 1. The van der Waals surface area contributed by atoms with Crippen molar-refractivity contribution < 1.29 is 18.3 Å². The van der Waals surface area contributed by atoms with Gasteiger partial charge in [-0.05, 0) is 49.2 Å². The van der Waals surface area contributed by atoms with Crippen molar-refractivity contribution in [2.45, 2.75) is 24.5 Å². The summed E-state index contributed by atoms with van der Waals surface area (Å²) < 4.78 is 29.8. The average Bonchev–Trinajstić information content (AvgIpc) is 3.53. The van der Waals surface area contributed by atoms with Gasteiger partial charge in [-0.25, -0.2) is 4.98 Å². The van der Waals surface area contributed by atoms with Crippen molar-refractivity contribution in [1.29, 1.82) is 0 Å². The monoisotopic (exact) mass is 488 g/mol. The molecule has 5 rings (SSSR count). The lowest BCUT2D eigenvalue weighted by Gasteiger charge is -2.36. The maximum absolute atomic E-state index is 12.9. The number of aromatic amines is 1. The molecule has 0 radical (unpaired) electrons. The number of amides is 1. The van der Waals surface area contributed by atoms with Crippen LogP contribution < -0.4 is 15.0 Å². The predicted molar refractivity (Wildman–Crippen MR) is 124 cm³/mol. The van der Waals surface area contributed by atoms with Crippen LogP contribution in [-0.4, -0.2) is 63.8 Å². The molecule has 1 aliphatic heterocycles. The fourth-order valence-corrected chi connectivity index (χ4v) is 4.21. The topological polar surface area (TPSA) is 86.4 Å². The van der Waals surface area contributed by atoms with Crippen LogP contribution in [0.5, 0.6) is 5.75 Å². The number of hydrogen-bond acceptors (Lipinski definition) is 6. The first-order valence-electron chi connectivity index (χ1n) is 11.0. The van der Waals surface area contributed by atoms with Crippen LogP contribution in [0.25, 0.3) is 11.3 Å². The van der Waals surface area contributed by atoms with Crippen LogP contribution in [0.4, 0.5) is 20.3 Å². The molecule has 34 heavy (non-hydrogen) atoms. The van der Waals surface area contributed by atoms with Crippen molar-refractivity contribution in [3.8, 4) is 17.0 Å². The van der Waals surface area contributed by atoms with E-state index >= 15 is 0 Å². The Morgan fingerprint density at radius 1 is 1.15 bits per heavy atom. The molecule has 1 amide bonds. The predicted octanol–water partition coefficient (Wildman–Crippen LogP) is 4.18. The third-order valence-electron chi connectivity index (χ3n) is 5.94. The van der Waals surface area contributed by atoms with Gasteiger partial charge in [-0.1, -0.05) is 0 Å². The zero-order valence-corrected chi connectivity index (χ0v) is 18.9. The number of pyridine rings is 1. The van der Waals surface area contributed by atoms with Crippen LogP contribution >= 0.6 is 11.6 Å². The van der Waals surface area contributed by atoms with E-state index in [0.29, 0.717) is 11.3 Å². The SMILES string of the molecule is O=C(Nc1ccc(OC(F)(F)Cl)cc1)c1cnc(N2CCN(C3CC3)CC2)c(-c2ccn[nH]2)c1. The quantitative estimate of drug-likeness (QED) is 0.485. The van der Waals surface area contributed by atoms with Gasteiger partial charge in [0.05, 0.1) is 11.3 Å². The Hall–Kier alpha value is -3.24. The minimum absolute atomic E-state index is 0.118. The molecule has 178 valence electrons. The summed E-state index contributed by atoms with van der Waals surface area (Å²) in [6.45, 7) is 3.72. The van der Waals surface area contributed by atoms with E-state index in [1.807, 2.05) is 6.07 Å².